The second-order valence-corrected chi connectivity index (χ2v) is 20.7. The van der Waals surface area contributed by atoms with Gasteiger partial charge in [0.15, 0.2) is 0 Å². The molecule has 370 valence electrons. The lowest BCUT2D eigenvalue weighted by Crippen LogP contribution is -2.45. The first-order valence-electron chi connectivity index (χ1n) is 26.5. The summed E-state index contributed by atoms with van der Waals surface area (Å²) in [4.78, 5) is 23.2. The van der Waals surface area contributed by atoms with Crippen molar-refractivity contribution in [3.05, 3.63) is 48.6 Å². The minimum atomic E-state index is -4.36. The highest BCUT2D eigenvalue weighted by atomic mass is 31.2. The number of allylic oxidation sites excluding steroid dienone is 7. The van der Waals surface area contributed by atoms with Gasteiger partial charge in [0, 0.05) is 6.42 Å². The normalized spacial score (nSPS) is 14.5. The lowest BCUT2D eigenvalue weighted by atomic mass is 10.0. The molecule has 0 aliphatic heterocycles. The molecular weight excluding hydrogens is 804 g/mol. The number of carbonyl (C=O) groups is 1. The second kappa shape index (κ2) is 45.6. The van der Waals surface area contributed by atoms with Gasteiger partial charge in [-0.1, -0.05) is 210 Å². The van der Waals surface area contributed by atoms with E-state index in [-0.39, 0.29) is 19.1 Å². The van der Waals surface area contributed by atoms with Crippen molar-refractivity contribution in [2.45, 2.75) is 251 Å². The molecule has 0 saturated carbocycles. The Hall–Kier alpha value is -1.54. The summed E-state index contributed by atoms with van der Waals surface area (Å²) in [5.41, 5.74) is 0. The van der Waals surface area contributed by atoms with Crippen LogP contribution in [0.2, 0.25) is 0 Å². The molecule has 3 atom stereocenters. The Morgan fingerprint density at radius 1 is 0.524 bits per heavy atom. The monoisotopic (exact) mass is 908 g/mol. The van der Waals surface area contributed by atoms with Crippen LogP contribution in [-0.4, -0.2) is 73.4 Å². The Bertz CT molecular complexity index is 1170. The fourth-order valence-electron chi connectivity index (χ4n) is 7.54. The zero-order chi connectivity index (χ0) is 46.4. The number of nitrogens with one attached hydrogen (secondary N) is 1. The van der Waals surface area contributed by atoms with Crippen LogP contribution in [0.1, 0.15) is 239 Å². The van der Waals surface area contributed by atoms with E-state index in [1.165, 1.54) is 173 Å². The molecule has 1 amide bonds. The summed E-state index contributed by atoms with van der Waals surface area (Å²) in [7, 11) is 1.55. The van der Waals surface area contributed by atoms with Crippen molar-refractivity contribution in [2.24, 2.45) is 0 Å². The minimum absolute atomic E-state index is 0.0530. The smallest absolute Gasteiger partial charge is 0.387 e. The molecule has 8 nitrogen and oxygen atoms in total. The van der Waals surface area contributed by atoms with Crippen LogP contribution in [-0.2, 0) is 18.4 Å². The summed E-state index contributed by atoms with van der Waals surface area (Å²) < 4.78 is 23.6. The minimum Gasteiger partial charge on any atom is -0.387 e. The molecule has 0 radical (unpaired) electrons. The lowest BCUT2D eigenvalue weighted by molar-refractivity contribution is -0.870. The molecule has 0 aromatic rings. The predicted octanol–water partition coefficient (Wildman–Crippen LogP) is 15.6. The molecule has 63 heavy (non-hydrogen) atoms. The number of phosphoric ester groups is 1. The number of amides is 1. The third-order valence-electron chi connectivity index (χ3n) is 11.7. The Kier molecular flexibility index (Phi) is 44.5. The highest BCUT2D eigenvalue weighted by Crippen LogP contribution is 2.43. The highest BCUT2D eigenvalue weighted by Gasteiger charge is 2.27. The highest BCUT2D eigenvalue weighted by molar-refractivity contribution is 7.47. The maximum atomic E-state index is 12.9. The van der Waals surface area contributed by atoms with Crippen LogP contribution in [0.3, 0.4) is 0 Å². The Labute approximate surface area is 390 Å². The zero-order valence-electron chi connectivity index (χ0n) is 42.1. The van der Waals surface area contributed by atoms with Gasteiger partial charge in [-0.15, -0.1) is 0 Å². The molecule has 0 aromatic carbocycles. The van der Waals surface area contributed by atoms with Gasteiger partial charge >= 0.3 is 7.82 Å². The van der Waals surface area contributed by atoms with Crippen LogP contribution in [0, 0.1) is 0 Å². The molecule has 3 N–H and O–H groups in total. The van der Waals surface area contributed by atoms with Gasteiger partial charge < -0.3 is 19.8 Å². The van der Waals surface area contributed by atoms with E-state index in [1.54, 1.807) is 6.08 Å². The molecular formula is C54H104N2O6P+. The van der Waals surface area contributed by atoms with Gasteiger partial charge in [-0.05, 0) is 70.6 Å². The summed E-state index contributed by atoms with van der Waals surface area (Å²) in [6.07, 6.45) is 59.1. The average molecular weight is 908 g/mol. The van der Waals surface area contributed by atoms with Gasteiger partial charge in [-0.3, -0.25) is 13.8 Å². The van der Waals surface area contributed by atoms with Crippen molar-refractivity contribution in [3.63, 3.8) is 0 Å². The third-order valence-corrected chi connectivity index (χ3v) is 12.7. The molecule has 0 saturated heterocycles. The fraction of sp³-hybridized carbons (Fsp3) is 0.833. The molecule has 0 fully saturated rings. The van der Waals surface area contributed by atoms with Gasteiger partial charge in [0.25, 0.3) is 0 Å². The second-order valence-electron chi connectivity index (χ2n) is 19.2. The van der Waals surface area contributed by atoms with Gasteiger partial charge in [0.1, 0.15) is 13.2 Å². The van der Waals surface area contributed by atoms with E-state index in [4.69, 9.17) is 9.05 Å². The van der Waals surface area contributed by atoms with Crippen molar-refractivity contribution in [1.82, 2.24) is 5.32 Å². The van der Waals surface area contributed by atoms with Crippen LogP contribution in [0.15, 0.2) is 48.6 Å². The first-order chi connectivity index (χ1) is 30.5. The summed E-state index contributed by atoms with van der Waals surface area (Å²) >= 11 is 0. The van der Waals surface area contributed by atoms with Crippen molar-refractivity contribution in [2.75, 3.05) is 40.9 Å². The SMILES string of the molecule is CCCCCCCCCC/C=C\CCCCCCCCCCCCCC(=O)NC(COP(=O)(O)OCC[N+](C)(C)C)C(O)/C=C/CC/C=C/CC/C=C/CCCCCCCCCC. The predicted molar refractivity (Wildman–Crippen MR) is 272 cm³/mol. The van der Waals surface area contributed by atoms with Gasteiger partial charge in [-0.25, -0.2) is 4.57 Å². The van der Waals surface area contributed by atoms with Crippen molar-refractivity contribution >= 4 is 13.7 Å². The fourth-order valence-corrected chi connectivity index (χ4v) is 8.27. The average Bonchev–Trinajstić information content (AvgIpc) is 3.24. The number of quaternary nitrogens is 1. The number of nitrogens with zero attached hydrogens (tertiary/aromatic N) is 1. The quantitative estimate of drug-likeness (QED) is 0.0243. The van der Waals surface area contributed by atoms with E-state index in [0.717, 1.165) is 44.9 Å². The number of carbonyl (C=O) groups excluding carboxylic acids is 1. The maximum absolute atomic E-state index is 12.9. The number of rotatable bonds is 48. The number of aliphatic hydroxyl groups is 1. The summed E-state index contributed by atoms with van der Waals surface area (Å²) in [5.74, 6) is -0.191. The molecule has 0 aliphatic carbocycles. The topological polar surface area (TPSA) is 105 Å². The number of hydrogen-bond acceptors (Lipinski definition) is 5. The summed E-state index contributed by atoms with van der Waals surface area (Å²) in [6, 6.07) is -0.870. The van der Waals surface area contributed by atoms with E-state index in [0.29, 0.717) is 17.4 Å². The van der Waals surface area contributed by atoms with E-state index < -0.39 is 20.0 Å². The van der Waals surface area contributed by atoms with Crippen LogP contribution in [0.25, 0.3) is 0 Å². The van der Waals surface area contributed by atoms with Gasteiger partial charge in [0.2, 0.25) is 5.91 Å². The molecule has 9 heteroatoms. The standard InChI is InChI=1S/C54H103N2O6P/c1-6-8-10-12-14-16-18-20-22-24-26-27-28-29-30-32-34-36-38-40-42-44-46-48-54(58)55-52(51-62-63(59,60)61-50-49-56(3,4)5)53(57)47-45-43-41-39-37-35-33-31-25-23-21-19-17-15-13-11-9-7-2/h24-26,31,37,39,45,47,52-53,57H,6-23,27-30,32-36,38,40-44,46,48-51H2,1-5H3,(H-,55,58,59,60)/p+1/b26-24-,31-25+,39-37+,47-45+. The molecule has 3 unspecified atom stereocenters. The molecule has 0 rings (SSSR count). The summed E-state index contributed by atoms with van der Waals surface area (Å²) in [5, 5.41) is 13.9. The van der Waals surface area contributed by atoms with Crippen molar-refractivity contribution in [1.29, 1.82) is 0 Å². The molecule has 0 aliphatic rings. The molecule has 0 heterocycles. The van der Waals surface area contributed by atoms with E-state index in [1.807, 2.05) is 27.2 Å². The Morgan fingerprint density at radius 3 is 1.27 bits per heavy atom. The number of hydrogen-bond donors (Lipinski definition) is 3. The van der Waals surface area contributed by atoms with E-state index >= 15 is 0 Å². The number of unbranched alkanes of at least 4 members (excludes halogenated alkanes) is 29. The maximum Gasteiger partial charge on any atom is 0.472 e. The van der Waals surface area contributed by atoms with Crippen molar-refractivity contribution in [3.8, 4) is 0 Å². The van der Waals surface area contributed by atoms with E-state index in [9.17, 15) is 19.4 Å². The van der Waals surface area contributed by atoms with Crippen LogP contribution < -0.4 is 5.32 Å². The van der Waals surface area contributed by atoms with Crippen LogP contribution >= 0.6 is 7.82 Å². The first-order valence-corrected chi connectivity index (χ1v) is 28.0. The van der Waals surface area contributed by atoms with Crippen LogP contribution in [0.5, 0.6) is 0 Å². The third kappa shape index (κ3) is 48.2. The van der Waals surface area contributed by atoms with Gasteiger partial charge in [-0.2, -0.15) is 0 Å². The number of phosphoric acid groups is 1. The largest absolute Gasteiger partial charge is 0.472 e. The summed E-state index contributed by atoms with van der Waals surface area (Å²) in [6.45, 7) is 4.79. The van der Waals surface area contributed by atoms with Crippen molar-refractivity contribution < 1.29 is 32.9 Å². The van der Waals surface area contributed by atoms with Gasteiger partial charge in [0.05, 0.1) is 39.9 Å². The Morgan fingerprint density at radius 2 is 0.873 bits per heavy atom. The molecule has 0 aromatic heterocycles. The zero-order valence-corrected chi connectivity index (χ0v) is 43.0. The number of likely N-dealkylation sites (N-methyl/N-ethyl adjacent to an activating group) is 1. The molecule has 0 bridgehead atoms. The Balaban J connectivity index is 4.33. The molecule has 0 spiro atoms. The first kappa shape index (κ1) is 61.5. The van der Waals surface area contributed by atoms with Crippen LogP contribution in [0.4, 0.5) is 0 Å². The lowest BCUT2D eigenvalue weighted by Gasteiger charge is -2.25. The number of aliphatic hydroxyl groups excluding tert-OH is 1. The van der Waals surface area contributed by atoms with E-state index in [2.05, 4.69) is 55.6 Å².